The van der Waals surface area contributed by atoms with Crippen molar-refractivity contribution in [1.82, 2.24) is 0 Å². The van der Waals surface area contributed by atoms with Crippen molar-refractivity contribution in [1.29, 1.82) is 0 Å². The van der Waals surface area contributed by atoms with E-state index in [9.17, 15) is 4.79 Å². The molecule has 2 rings (SSSR count). The van der Waals surface area contributed by atoms with E-state index in [2.05, 4.69) is 0 Å². The molecule has 5 nitrogen and oxygen atoms in total. The molecule has 0 fully saturated rings. The van der Waals surface area contributed by atoms with Gasteiger partial charge >= 0.3 is 0 Å². The Morgan fingerprint density at radius 3 is 2.24 bits per heavy atom. The van der Waals surface area contributed by atoms with Crippen LogP contribution in [-0.2, 0) is 0 Å². The van der Waals surface area contributed by atoms with Crippen molar-refractivity contribution < 1.29 is 14.3 Å². The first-order chi connectivity index (χ1) is 9.99. The molecule has 0 bridgehead atoms. The number of hydrogen-bond acceptors (Lipinski definition) is 5. The number of hydrogen-bond donors (Lipinski definition) is 2. The lowest BCUT2D eigenvalue weighted by atomic mass is 9.95. The largest absolute Gasteiger partial charge is 0.495 e. The van der Waals surface area contributed by atoms with Crippen molar-refractivity contribution in [2.24, 2.45) is 0 Å². The van der Waals surface area contributed by atoms with Crippen LogP contribution in [0.2, 0.25) is 0 Å². The maximum absolute atomic E-state index is 12.0. The molecule has 0 spiro atoms. The molecule has 4 N–H and O–H groups in total. The van der Waals surface area contributed by atoms with Crippen molar-refractivity contribution >= 4 is 17.2 Å². The Morgan fingerprint density at radius 2 is 1.67 bits per heavy atom. The number of carbonyl (C=O) groups is 1. The molecule has 21 heavy (non-hydrogen) atoms. The number of nitrogens with two attached hydrogens (primary N) is 2. The molecule has 5 heteroatoms. The van der Waals surface area contributed by atoms with E-state index in [-0.39, 0.29) is 5.78 Å². The zero-order valence-electron chi connectivity index (χ0n) is 12.3. The van der Waals surface area contributed by atoms with Gasteiger partial charge in [-0.3, -0.25) is 4.79 Å². The summed E-state index contributed by atoms with van der Waals surface area (Å²) in [5.74, 6) is 0.818. The number of ketones is 1. The van der Waals surface area contributed by atoms with Crippen LogP contribution in [0, 0.1) is 0 Å². The fourth-order valence-corrected chi connectivity index (χ4v) is 2.29. The van der Waals surface area contributed by atoms with Crippen LogP contribution in [0.1, 0.15) is 17.3 Å². The number of nitrogen functional groups attached to an aromatic ring is 2. The molecule has 0 heterocycles. The van der Waals surface area contributed by atoms with Crippen LogP contribution in [0.4, 0.5) is 11.4 Å². The molecular formula is C16H18N2O3. The smallest absolute Gasteiger partial charge is 0.164 e. The van der Waals surface area contributed by atoms with Gasteiger partial charge in [0.1, 0.15) is 5.75 Å². The number of rotatable bonds is 4. The molecule has 0 saturated carbocycles. The zero-order valence-corrected chi connectivity index (χ0v) is 12.3. The van der Waals surface area contributed by atoms with Gasteiger partial charge in [-0.25, -0.2) is 0 Å². The highest BCUT2D eigenvalue weighted by molar-refractivity contribution is 6.05. The zero-order chi connectivity index (χ0) is 15.6. The van der Waals surface area contributed by atoms with Crippen LogP contribution in [0.15, 0.2) is 30.3 Å². The third-order valence-corrected chi connectivity index (χ3v) is 3.29. The summed E-state index contributed by atoms with van der Waals surface area (Å²) >= 11 is 0. The van der Waals surface area contributed by atoms with Crippen LogP contribution in [0.3, 0.4) is 0 Å². The fourth-order valence-electron chi connectivity index (χ4n) is 2.29. The Hall–Kier alpha value is -2.69. The Bertz CT molecular complexity index is 696. The number of benzene rings is 2. The lowest BCUT2D eigenvalue weighted by Gasteiger charge is -2.15. The number of methoxy groups -OCH3 is 2. The molecule has 2 aromatic carbocycles. The Balaban J connectivity index is 2.72. The number of anilines is 2. The van der Waals surface area contributed by atoms with Crippen molar-refractivity contribution in [3.63, 3.8) is 0 Å². The summed E-state index contributed by atoms with van der Waals surface area (Å²) in [7, 11) is 3.04. The molecule has 110 valence electrons. The van der Waals surface area contributed by atoms with Gasteiger partial charge in [-0.1, -0.05) is 12.1 Å². The molecule has 0 atom stereocenters. The lowest BCUT2D eigenvalue weighted by Crippen LogP contribution is -2.04. The van der Waals surface area contributed by atoms with Crippen LogP contribution >= 0.6 is 0 Å². The van der Waals surface area contributed by atoms with Crippen molar-refractivity contribution in [3.8, 4) is 22.6 Å². The second-order valence-corrected chi connectivity index (χ2v) is 4.62. The summed E-state index contributed by atoms with van der Waals surface area (Å²) in [6.07, 6.45) is 0. The number of Topliss-reactive ketones (excluding diaryl/α,β-unsaturated/α-hetero) is 1. The summed E-state index contributed by atoms with van der Waals surface area (Å²) < 4.78 is 10.5. The van der Waals surface area contributed by atoms with E-state index >= 15 is 0 Å². The molecule has 2 aromatic rings. The minimum Gasteiger partial charge on any atom is -0.495 e. The van der Waals surface area contributed by atoms with Crippen LogP contribution in [-0.4, -0.2) is 20.0 Å². The predicted molar refractivity (Wildman–Crippen MR) is 83.8 cm³/mol. The van der Waals surface area contributed by atoms with Crippen molar-refractivity contribution in [2.45, 2.75) is 6.92 Å². The van der Waals surface area contributed by atoms with Crippen LogP contribution in [0.5, 0.6) is 11.5 Å². The Morgan fingerprint density at radius 1 is 1.00 bits per heavy atom. The van der Waals surface area contributed by atoms with Gasteiger partial charge in [0.05, 0.1) is 31.2 Å². The Labute approximate surface area is 123 Å². The second kappa shape index (κ2) is 5.75. The van der Waals surface area contributed by atoms with Gasteiger partial charge < -0.3 is 20.9 Å². The normalized spacial score (nSPS) is 10.2. The lowest BCUT2D eigenvalue weighted by molar-refractivity contribution is 0.101. The van der Waals surface area contributed by atoms with Gasteiger partial charge in [0, 0.05) is 0 Å². The fraction of sp³-hybridized carbons (Fsp3) is 0.188. The van der Waals surface area contributed by atoms with E-state index in [0.717, 1.165) is 11.1 Å². The van der Waals surface area contributed by atoms with Gasteiger partial charge in [-0.05, 0) is 36.2 Å². The van der Waals surface area contributed by atoms with Crippen LogP contribution in [0.25, 0.3) is 11.1 Å². The van der Waals surface area contributed by atoms with E-state index in [4.69, 9.17) is 20.9 Å². The van der Waals surface area contributed by atoms with Gasteiger partial charge in [0.15, 0.2) is 11.5 Å². The minimum absolute atomic E-state index is 0.120. The minimum atomic E-state index is -0.120. The first-order valence-electron chi connectivity index (χ1n) is 6.40. The van der Waals surface area contributed by atoms with Gasteiger partial charge in [-0.2, -0.15) is 0 Å². The van der Waals surface area contributed by atoms with E-state index in [0.29, 0.717) is 28.4 Å². The van der Waals surface area contributed by atoms with E-state index in [1.807, 2.05) is 6.07 Å². The summed E-state index contributed by atoms with van der Waals surface area (Å²) in [4.78, 5) is 12.0. The first-order valence-corrected chi connectivity index (χ1v) is 6.40. The summed E-state index contributed by atoms with van der Waals surface area (Å²) in [6.45, 7) is 1.48. The molecule has 0 radical (unpaired) electrons. The Kier molecular flexibility index (Phi) is 4.03. The summed E-state index contributed by atoms with van der Waals surface area (Å²) in [5.41, 5.74) is 14.6. The molecule has 0 aliphatic rings. The number of carbonyl (C=O) groups excluding carboxylic acids is 1. The van der Waals surface area contributed by atoms with Gasteiger partial charge in [0.25, 0.3) is 0 Å². The number of ether oxygens (including phenoxy) is 2. The van der Waals surface area contributed by atoms with E-state index in [1.54, 1.807) is 31.4 Å². The third kappa shape index (κ3) is 2.63. The third-order valence-electron chi connectivity index (χ3n) is 3.29. The maximum atomic E-state index is 12.0. The molecule has 0 unspecified atom stereocenters. The topological polar surface area (TPSA) is 87.6 Å². The highest BCUT2D eigenvalue weighted by atomic mass is 16.5. The monoisotopic (exact) mass is 286 g/mol. The van der Waals surface area contributed by atoms with E-state index in [1.165, 1.54) is 14.0 Å². The average Bonchev–Trinajstić information content (AvgIpc) is 2.47. The molecule has 0 aromatic heterocycles. The highest BCUT2D eigenvalue weighted by Crippen LogP contribution is 2.37. The van der Waals surface area contributed by atoms with Crippen molar-refractivity contribution in [3.05, 3.63) is 35.9 Å². The standard InChI is InChI=1S/C16H18N2O3/c1-9(19)15-11(5-7-13(18)16(15)21-3)10-4-6-12(17)14(8-10)20-2/h4-8H,17-18H2,1-3H3. The molecule has 0 amide bonds. The van der Waals surface area contributed by atoms with Crippen LogP contribution < -0.4 is 20.9 Å². The molecular weight excluding hydrogens is 268 g/mol. The maximum Gasteiger partial charge on any atom is 0.164 e. The van der Waals surface area contributed by atoms with Gasteiger partial charge in [-0.15, -0.1) is 0 Å². The quantitative estimate of drug-likeness (QED) is 0.666. The first kappa shape index (κ1) is 14.7. The molecule has 0 saturated heterocycles. The van der Waals surface area contributed by atoms with Gasteiger partial charge in [0.2, 0.25) is 0 Å². The summed E-state index contributed by atoms with van der Waals surface area (Å²) in [5, 5.41) is 0. The second-order valence-electron chi connectivity index (χ2n) is 4.62. The average molecular weight is 286 g/mol. The molecule has 0 aliphatic carbocycles. The predicted octanol–water partition coefficient (Wildman–Crippen LogP) is 2.74. The summed E-state index contributed by atoms with van der Waals surface area (Å²) in [6, 6.07) is 8.85. The highest BCUT2D eigenvalue weighted by Gasteiger charge is 2.18. The van der Waals surface area contributed by atoms with E-state index < -0.39 is 0 Å². The molecule has 0 aliphatic heterocycles. The SMILES string of the molecule is COc1cc(-c2ccc(N)c(OC)c2C(C)=O)ccc1N. The van der Waals surface area contributed by atoms with Crippen molar-refractivity contribution in [2.75, 3.05) is 25.7 Å².